The number of piperidine rings is 1. The van der Waals surface area contributed by atoms with Gasteiger partial charge in [0.1, 0.15) is 5.75 Å². The van der Waals surface area contributed by atoms with Gasteiger partial charge in [-0.3, -0.25) is 4.98 Å². The van der Waals surface area contributed by atoms with Crippen LogP contribution in [0.2, 0.25) is 0 Å². The van der Waals surface area contributed by atoms with E-state index in [9.17, 15) is 4.79 Å². The fourth-order valence-corrected chi connectivity index (χ4v) is 3.54. The van der Waals surface area contributed by atoms with Crippen LogP contribution >= 0.6 is 0 Å². The molecule has 2 heterocycles. The highest BCUT2D eigenvalue weighted by molar-refractivity contribution is 5.74. The molecule has 2 amide bonds. The number of hydrogen-bond donors (Lipinski definition) is 1. The fraction of sp³-hybridized carbons (Fsp3) is 0.455. The zero-order chi connectivity index (χ0) is 19.8. The third kappa shape index (κ3) is 5.96. The molecule has 0 bridgehead atoms. The first kappa shape index (κ1) is 20.1. The number of aromatic nitrogens is 1. The zero-order valence-corrected chi connectivity index (χ0v) is 16.8. The van der Waals surface area contributed by atoms with Crippen LogP contribution < -0.4 is 10.1 Å². The van der Waals surface area contributed by atoms with E-state index in [0.29, 0.717) is 6.54 Å². The van der Waals surface area contributed by atoms with E-state index < -0.39 is 0 Å². The second kappa shape index (κ2) is 10.1. The first-order valence-electron chi connectivity index (χ1n) is 9.90. The SMILES string of the molecule is COc1cccc(CN(C)C(=O)NC2CCN(CCc3ccncc3)CC2)c1. The predicted octanol–water partition coefficient (Wildman–Crippen LogP) is 2.94. The molecule has 6 nitrogen and oxygen atoms in total. The van der Waals surface area contributed by atoms with Gasteiger partial charge in [-0.1, -0.05) is 12.1 Å². The molecule has 6 heteroatoms. The number of urea groups is 1. The van der Waals surface area contributed by atoms with Gasteiger partial charge in [0.15, 0.2) is 0 Å². The standard InChI is InChI=1S/C22H30N4O2/c1-25(17-19-4-3-5-21(16-19)28-2)22(27)24-20-9-14-26(15-10-20)13-8-18-6-11-23-12-7-18/h3-7,11-12,16,20H,8-10,13-15,17H2,1-2H3,(H,24,27). The van der Waals surface area contributed by atoms with Crippen molar-refractivity contribution in [1.29, 1.82) is 0 Å². The van der Waals surface area contributed by atoms with Crippen LogP contribution in [-0.4, -0.2) is 60.6 Å². The van der Waals surface area contributed by atoms with Crippen LogP contribution in [0, 0.1) is 0 Å². The molecule has 0 spiro atoms. The molecular weight excluding hydrogens is 352 g/mol. The van der Waals surface area contributed by atoms with E-state index in [0.717, 1.165) is 50.2 Å². The van der Waals surface area contributed by atoms with Gasteiger partial charge in [0, 0.05) is 51.7 Å². The maximum absolute atomic E-state index is 12.5. The molecule has 28 heavy (non-hydrogen) atoms. The molecule has 0 saturated carbocycles. The van der Waals surface area contributed by atoms with Crippen LogP contribution in [0.25, 0.3) is 0 Å². The third-order valence-electron chi connectivity index (χ3n) is 5.28. The van der Waals surface area contributed by atoms with E-state index in [-0.39, 0.29) is 12.1 Å². The summed E-state index contributed by atoms with van der Waals surface area (Å²) in [5.74, 6) is 0.811. The number of nitrogens with one attached hydrogen (secondary N) is 1. The van der Waals surface area contributed by atoms with Gasteiger partial charge in [0.05, 0.1) is 7.11 Å². The topological polar surface area (TPSA) is 57.7 Å². The van der Waals surface area contributed by atoms with Crippen molar-refractivity contribution in [2.24, 2.45) is 0 Å². The van der Waals surface area contributed by atoms with Gasteiger partial charge < -0.3 is 19.9 Å². The van der Waals surface area contributed by atoms with E-state index in [4.69, 9.17) is 4.74 Å². The number of methoxy groups -OCH3 is 1. The number of pyridine rings is 1. The first-order valence-corrected chi connectivity index (χ1v) is 9.90. The number of likely N-dealkylation sites (tertiary alicyclic amines) is 1. The molecule has 150 valence electrons. The monoisotopic (exact) mass is 382 g/mol. The summed E-state index contributed by atoms with van der Waals surface area (Å²) in [7, 11) is 3.48. The van der Waals surface area contributed by atoms with Crippen LogP contribution in [0.3, 0.4) is 0 Å². The lowest BCUT2D eigenvalue weighted by atomic mass is 10.0. The van der Waals surface area contributed by atoms with Crippen molar-refractivity contribution in [3.05, 3.63) is 59.9 Å². The molecular formula is C22H30N4O2. The Bertz CT molecular complexity index is 745. The number of hydrogen-bond acceptors (Lipinski definition) is 4. The average Bonchev–Trinajstić information content (AvgIpc) is 2.74. The molecule has 0 atom stereocenters. The molecule has 1 N–H and O–H groups in total. The minimum absolute atomic E-state index is 0.0157. The van der Waals surface area contributed by atoms with Crippen molar-refractivity contribution in [2.45, 2.75) is 31.8 Å². The maximum atomic E-state index is 12.5. The van der Waals surface area contributed by atoms with E-state index >= 15 is 0 Å². The normalized spacial score (nSPS) is 15.2. The van der Waals surface area contributed by atoms with Gasteiger partial charge in [0.25, 0.3) is 0 Å². The van der Waals surface area contributed by atoms with E-state index in [2.05, 4.69) is 27.3 Å². The summed E-state index contributed by atoms with van der Waals surface area (Å²) in [6.07, 6.45) is 6.73. The summed E-state index contributed by atoms with van der Waals surface area (Å²) in [5.41, 5.74) is 2.38. The highest BCUT2D eigenvalue weighted by Crippen LogP contribution is 2.15. The molecule has 2 aromatic rings. The Hall–Kier alpha value is -2.60. The second-order valence-corrected chi connectivity index (χ2v) is 7.38. The van der Waals surface area contributed by atoms with Crippen LogP contribution in [0.15, 0.2) is 48.8 Å². The van der Waals surface area contributed by atoms with Crippen molar-refractivity contribution in [3.8, 4) is 5.75 Å². The van der Waals surface area contributed by atoms with Gasteiger partial charge in [-0.05, 0) is 54.7 Å². The van der Waals surface area contributed by atoms with Crippen LogP contribution in [-0.2, 0) is 13.0 Å². The number of carbonyl (C=O) groups excluding carboxylic acids is 1. The van der Waals surface area contributed by atoms with E-state index in [1.165, 1.54) is 5.56 Å². The minimum atomic E-state index is -0.0157. The summed E-state index contributed by atoms with van der Waals surface area (Å²) < 4.78 is 5.25. The Morgan fingerprint density at radius 1 is 1.21 bits per heavy atom. The van der Waals surface area contributed by atoms with Crippen molar-refractivity contribution < 1.29 is 9.53 Å². The Balaban J connectivity index is 1.39. The molecule has 0 unspecified atom stereocenters. The Morgan fingerprint density at radius 3 is 2.68 bits per heavy atom. The van der Waals surface area contributed by atoms with Gasteiger partial charge in [-0.25, -0.2) is 4.79 Å². The number of carbonyl (C=O) groups is 1. The molecule has 1 aliphatic heterocycles. The second-order valence-electron chi connectivity index (χ2n) is 7.38. The third-order valence-corrected chi connectivity index (χ3v) is 5.28. The summed E-state index contributed by atoms with van der Waals surface area (Å²) in [6.45, 7) is 3.67. The number of benzene rings is 1. The first-order chi connectivity index (χ1) is 13.6. The van der Waals surface area contributed by atoms with Crippen LogP contribution in [0.5, 0.6) is 5.75 Å². The van der Waals surface area contributed by atoms with Crippen molar-refractivity contribution in [2.75, 3.05) is 33.8 Å². The number of rotatable bonds is 7. The van der Waals surface area contributed by atoms with E-state index in [1.54, 1.807) is 12.0 Å². The Labute approximate surface area is 167 Å². The van der Waals surface area contributed by atoms with Crippen molar-refractivity contribution in [3.63, 3.8) is 0 Å². The highest BCUT2D eigenvalue weighted by atomic mass is 16.5. The largest absolute Gasteiger partial charge is 0.497 e. The Morgan fingerprint density at radius 2 is 1.96 bits per heavy atom. The molecule has 1 aliphatic rings. The van der Waals surface area contributed by atoms with Gasteiger partial charge >= 0.3 is 6.03 Å². The molecule has 0 radical (unpaired) electrons. The molecule has 1 aromatic carbocycles. The quantitative estimate of drug-likeness (QED) is 0.800. The summed E-state index contributed by atoms with van der Waals surface area (Å²) in [6, 6.07) is 12.2. The van der Waals surface area contributed by atoms with Crippen molar-refractivity contribution in [1.82, 2.24) is 20.1 Å². The lowest BCUT2D eigenvalue weighted by Gasteiger charge is -2.33. The summed E-state index contributed by atoms with van der Waals surface area (Å²) in [5, 5.41) is 3.18. The molecule has 1 aromatic heterocycles. The van der Waals surface area contributed by atoms with Gasteiger partial charge in [0.2, 0.25) is 0 Å². The fourth-order valence-electron chi connectivity index (χ4n) is 3.54. The summed E-state index contributed by atoms with van der Waals surface area (Å²) >= 11 is 0. The van der Waals surface area contributed by atoms with Crippen LogP contribution in [0.1, 0.15) is 24.0 Å². The van der Waals surface area contributed by atoms with Crippen LogP contribution in [0.4, 0.5) is 4.79 Å². The lowest BCUT2D eigenvalue weighted by Crippen LogP contribution is -2.48. The van der Waals surface area contributed by atoms with Crippen molar-refractivity contribution >= 4 is 6.03 Å². The number of ether oxygens (including phenoxy) is 1. The van der Waals surface area contributed by atoms with Gasteiger partial charge in [-0.2, -0.15) is 0 Å². The molecule has 1 saturated heterocycles. The molecule has 0 aliphatic carbocycles. The molecule has 1 fully saturated rings. The number of amides is 2. The zero-order valence-electron chi connectivity index (χ0n) is 16.8. The average molecular weight is 383 g/mol. The highest BCUT2D eigenvalue weighted by Gasteiger charge is 2.21. The maximum Gasteiger partial charge on any atom is 0.317 e. The predicted molar refractivity (Wildman–Crippen MR) is 110 cm³/mol. The van der Waals surface area contributed by atoms with E-state index in [1.807, 2.05) is 43.7 Å². The lowest BCUT2D eigenvalue weighted by molar-refractivity contribution is 0.177. The molecule has 3 rings (SSSR count). The Kier molecular flexibility index (Phi) is 7.25. The minimum Gasteiger partial charge on any atom is -0.497 e. The smallest absolute Gasteiger partial charge is 0.317 e. The number of nitrogens with zero attached hydrogens (tertiary/aromatic N) is 3. The summed E-state index contributed by atoms with van der Waals surface area (Å²) in [4.78, 5) is 20.8. The van der Waals surface area contributed by atoms with Gasteiger partial charge in [-0.15, -0.1) is 0 Å².